The number of pyridine rings is 1. The highest BCUT2D eigenvalue weighted by atomic mass is 32.2. The number of aryl methyl sites for hydroxylation is 2. The van der Waals surface area contributed by atoms with Crippen molar-refractivity contribution in [3.8, 4) is 17.1 Å². The summed E-state index contributed by atoms with van der Waals surface area (Å²) < 4.78 is 57.6. The maximum atomic E-state index is 14.8. The number of hydrogen-bond acceptors (Lipinski definition) is 7. The summed E-state index contributed by atoms with van der Waals surface area (Å²) in [6.07, 6.45) is 6.34. The molecule has 8 nitrogen and oxygen atoms in total. The molecule has 0 saturated heterocycles. The number of rotatable bonds is 7. The van der Waals surface area contributed by atoms with Gasteiger partial charge in [0, 0.05) is 36.3 Å². The number of aromatic nitrogens is 6. The molecule has 0 aliphatic rings. The van der Waals surface area contributed by atoms with E-state index in [1.54, 1.807) is 38.5 Å². The Balaban J connectivity index is 1.79. The molecule has 3 heterocycles. The molecule has 0 bridgehead atoms. The van der Waals surface area contributed by atoms with Crippen molar-refractivity contribution in [1.29, 1.82) is 0 Å². The Morgan fingerprint density at radius 3 is 2.23 bits per heavy atom. The number of sulfone groups is 1. The van der Waals surface area contributed by atoms with Crippen LogP contribution in [0.5, 0.6) is 0 Å². The highest BCUT2D eigenvalue weighted by Gasteiger charge is 2.32. The van der Waals surface area contributed by atoms with Gasteiger partial charge in [-0.15, -0.1) is 10.2 Å². The molecular weight excluding hydrogens is 474 g/mol. The van der Waals surface area contributed by atoms with E-state index >= 15 is 0 Å². The third-order valence-electron chi connectivity index (χ3n) is 5.83. The summed E-state index contributed by atoms with van der Waals surface area (Å²) in [6.45, 7) is 6.92. The van der Waals surface area contributed by atoms with Gasteiger partial charge in [0.1, 0.15) is 28.9 Å². The zero-order valence-corrected chi connectivity index (χ0v) is 20.5. The van der Waals surface area contributed by atoms with Gasteiger partial charge in [-0.3, -0.25) is 9.55 Å². The first-order valence-corrected chi connectivity index (χ1v) is 12.6. The van der Waals surface area contributed by atoms with Crippen molar-refractivity contribution in [2.75, 3.05) is 0 Å². The van der Waals surface area contributed by atoms with Crippen LogP contribution in [0.25, 0.3) is 17.1 Å². The molecule has 0 spiro atoms. The number of benzene rings is 1. The van der Waals surface area contributed by atoms with Crippen molar-refractivity contribution < 1.29 is 17.2 Å². The Morgan fingerprint density at radius 2 is 1.60 bits per heavy atom. The molecule has 0 aliphatic heterocycles. The monoisotopic (exact) mass is 498 g/mol. The molecule has 2 atom stereocenters. The van der Waals surface area contributed by atoms with Crippen LogP contribution < -0.4 is 0 Å². The van der Waals surface area contributed by atoms with Gasteiger partial charge >= 0.3 is 0 Å². The fourth-order valence-electron chi connectivity index (χ4n) is 3.68. The highest BCUT2D eigenvalue weighted by Crippen LogP contribution is 2.29. The quantitative estimate of drug-likeness (QED) is 0.378. The molecule has 0 aliphatic carbocycles. The molecule has 11 heteroatoms. The lowest BCUT2D eigenvalue weighted by Gasteiger charge is -2.19. The Labute approximate surface area is 202 Å². The van der Waals surface area contributed by atoms with Crippen molar-refractivity contribution >= 4 is 9.84 Å². The molecule has 0 saturated carbocycles. The van der Waals surface area contributed by atoms with Crippen molar-refractivity contribution in [1.82, 2.24) is 29.7 Å². The molecule has 4 rings (SSSR count). The fraction of sp³-hybridized carbons (Fsp3) is 0.292. The molecule has 4 aromatic rings. The van der Waals surface area contributed by atoms with Crippen molar-refractivity contribution in [3.63, 3.8) is 0 Å². The van der Waals surface area contributed by atoms with E-state index in [1.807, 2.05) is 13.8 Å². The minimum Gasteiger partial charge on any atom is -0.272 e. The first-order valence-electron chi connectivity index (χ1n) is 10.9. The van der Waals surface area contributed by atoms with Crippen molar-refractivity contribution in [3.05, 3.63) is 83.5 Å². The van der Waals surface area contributed by atoms with Crippen LogP contribution in [0.1, 0.15) is 42.5 Å². The Morgan fingerprint density at radius 1 is 0.943 bits per heavy atom. The summed E-state index contributed by atoms with van der Waals surface area (Å²) in [5, 5.41) is 7.23. The Kier molecular flexibility index (Phi) is 6.70. The first kappa shape index (κ1) is 24.5. The average Bonchev–Trinajstić information content (AvgIpc) is 3.21. The van der Waals surface area contributed by atoms with Gasteiger partial charge in [-0.25, -0.2) is 27.2 Å². The number of hydrogen-bond donors (Lipinski definition) is 0. The second kappa shape index (κ2) is 9.57. The predicted octanol–water partition coefficient (Wildman–Crippen LogP) is 4.12. The second-order valence-corrected chi connectivity index (χ2v) is 10.9. The maximum Gasteiger partial charge on any atom is 0.170 e. The van der Waals surface area contributed by atoms with Gasteiger partial charge in [0.05, 0.1) is 5.25 Å². The molecule has 0 radical (unpaired) electrons. The summed E-state index contributed by atoms with van der Waals surface area (Å²) in [5.41, 5.74) is 1.63. The first-order chi connectivity index (χ1) is 16.6. The molecule has 35 heavy (non-hydrogen) atoms. The third kappa shape index (κ3) is 4.95. The topological polar surface area (TPSA) is 104 Å². The standard InChI is InChI=1S/C24H24F2N6O2S/c1-14-8-18(12-27-9-14)24-31-30-21(32(24)22-19(25)6-5-7-20(22)26)13-35(33,34)17(4)16(3)23-28-10-15(2)11-29-23/h5-12,16-17H,13H2,1-4H3/t16-,17-/m0/s1. The van der Waals surface area contributed by atoms with Gasteiger partial charge in [-0.1, -0.05) is 13.0 Å². The van der Waals surface area contributed by atoms with E-state index in [4.69, 9.17) is 0 Å². The van der Waals surface area contributed by atoms with Gasteiger partial charge in [-0.05, 0) is 50.1 Å². The summed E-state index contributed by atoms with van der Waals surface area (Å²) >= 11 is 0. The van der Waals surface area contributed by atoms with Crippen LogP contribution in [0.3, 0.4) is 0 Å². The number of para-hydroxylation sites is 1. The van der Waals surface area contributed by atoms with Gasteiger partial charge in [0.25, 0.3) is 0 Å². The smallest absolute Gasteiger partial charge is 0.170 e. The van der Waals surface area contributed by atoms with Crippen LogP contribution in [-0.4, -0.2) is 43.4 Å². The van der Waals surface area contributed by atoms with Crippen molar-refractivity contribution in [2.45, 2.75) is 44.6 Å². The van der Waals surface area contributed by atoms with E-state index < -0.39 is 44.1 Å². The van der Waals surface area contributed by atoms with Gasteiger partial charge in [-0.2, -0.15) is 0 Å². The van der Waals surface area contributed by atoms with E-state index in [0.29, 0.717) is 11.4 Å². The lowest BCUT2D eigenvalue weighted by Crippen LogP contribution is -2.27. The Bertz CT molecular complexity index is 1450. The highest BCUT2D eigenvalue weighted by molar-refractivity contribution is 7.91. The van der Waals surface area contributed by atoms with E-state index in [-0.39, 0.29) is 11.6 Å². The van der Waals surface area contributed by atoms with Crippen LogP contribution in [0.15, 0.2) is 49.1 Å². The van der Waals surface area contributed by atoms with Gasteiger partial charge in [0.15, 0.2) is 21.5 Å². The minimum absolute atomic E-state index is 0.0815. The van der Waals surface area contributed by atoms with Gasteiger partial charge < -0.3 is 0 Å². The van der Waals surface area contributed by atoms with Crippen LogP contribution in [0, 0.1) is 25.5 Å². The zero-order chi connectivity index (χ0) is 25.3. The summed E-state index contributed by atoms with van der Waals surface area (Å²) in [4.78, 5) is 12.6. The average molecular weight is 499 g/mol. The van der Waals surface area contributed by atoms with Crippen LogP contribution in [-0.2, 0) is 15.6 Å². The zero-order valence-electron chi connectivity index (χ0n) is 19.6. The molecule has 1 aromatic carbocycles. The van der Waals surface area contributed by atoms with Crippen LogP contribution >= 0.6 is 0 Å². The molecule has 182 valence electrons. The largest absolute Gasteiger partial charge is 0.272 e. The third-order valence-corrected chi connectivity index (χ3v) is 8.04. The predicted molar refractivity (Wildman–Crippen MR) is 127 cm³/mol. The van der Waals surface area contributed by atoms with Crippen LogP contribution in [0.2, 0.25) is 0 Å². The Hall–Kier alpha value is -3.60. The van der Waals surface area contributed by atoms with E-state index in [1.165, 1.54) is 12.3 Å². The lowest BCUT2D eigenvalue weighted by atomic mass is 10.1. The normalized spacial score (nSPS) is 13.5. The van der Waals surface area contributed by atoms with E-state index in [2.05, 4.69) is 25.1 Å². The minimum atomic E-state index is -3.87. The molecule has 0 N–H and O–H groups in total. The molecule has 0 amide bonds. The SMILES string of the molecule is Cc1cnc([C@@H](C)[C@H](C)S(=O)(=O)Cc2nnc(-c3cncc(C)c3)n2-c2c(F)cccc2F)nc1. The fourth-order valence-corrected chi connectivity index (χ4v) is 5.24. The number of halogens is 2. The van der Waals surface area contributed by atoms with E-state index in [9.17, 15) is 17.2 Å². The molecule has 0 unspecified atom stereocenters. The van der Waals surface area contributed by atoms with Crippen molar-refractivity contribution in [2.24, 2.45) is 0 Å². The molecule has 0 fully saturated rings. The van der Waals surface area contributed by atoms with E-state index in [0.717, 1.165) is 27.8 Å². The summed E-state index contributed by atoms with van der Waals surface area (Å²) in [7, 11) is -3.87. The summed E-state index contributed by atoms with van der Waals surface area (Å²) in [6, 6.07) is 5.14. The lowest BCUT2D eigenvalue weighted by molar-refractivity contribution is 0.555. The number of nitrogens with zero attached hydrogens (tertiary/aromatic N) is 6. The molecule has 3 aromatic heterocycles. The maximum absolute atomic E-state index is 14.8. The second-order valence-electron chi connectivity index (χ2n) is 8.52. The van der Waals surface area contributed by atoms with Gasteiger partial charge in [0.2, 0.25) is 0 Å². The van der Waals surface area contributed by atoms with Crippen LogP contribution in [0.4, 0.5) is 8.78 Å². The molecular formula is C24H24F2N6O2S. The summed E-state index contributed by atoms with van der Waals surface area (Å²) in [5.74, 6) is -2.51.